The SMILES string of the molecule is CCC(CN)CC(=O)N(CCO)C(C)C. The molecule has 1 atom stereocenters. The molecule has 0 aliphatic rings. The maximum absolute atomic E-state index is 11.9. The van der Waals surface area contributed by atoms with Crippen molar-refractivity contribution in [2.24, 2.45) is 11.7 Å². The Morgan fingerprint density at radius 1 is 1.47 bits per heavy atom. The molecule has 0 aromatic rings. The highest BCUT2D eigenvalue weighted by Crippen LogP contribution is 2.10. The molecule has 0 aliphatic carbocycles. The zero-order valence-electron chi connectivity index (χ0n) is 10.1. The number of rotatable bonds is 7. The van der Waals surface area contributed by atoms with E-state index in [2.05, 4.69) is 0 Å². The van der Waals surface area contributed by atoms with Crippen LogP contribution in [0, 0.1) is 5.92 Å². The molecule has 4 nitrogen and oxygen atoms in total. The van der Waals surface area contributed by atoms with E-state index < -0.39 is 0 Å². The summed E-state index contributed by atoms with van der Waals surface area (Å²) in [5.41, 5.74) is 5.56. The monoisotopic (exact) mass is 216 g/mol. The van der Waals surface area contributed by atoms with Gasteiger partial charge in [-0.25, -0.2) is 0 Å². The van der Waals surface area contributed by atoms with Crippen LogP contribution in [0.5, 0.6) is 0 Å². The normalized spacial score (nSPS) is 12.9. The minimum Gasteiger partial charge on any atom is -0.395 e. The molecule has 15 heavy (non-hydrogen) atoms. The van der Waals surface area contributed by atoms with E-state index in [4.69, 9.17) is 10.8 Å². The van der Waals surface area contributed by atoms with E-state index in [1.807, 2.05) is 20.8 Å². The molecule has 0 saturated carbocycles. The van der Waals surface area contributed by atoms with Gasteiger partial charge in [-0.3, -0.25) is 4.79 Å². The summed E-state index contributed by atoms with van der Waals surface area (Å²) >= 11 is 0. The molecule has 1 unspecified atom stereocenters. The zero-order chi connectivity index (χ0) is 11.8. The largest absolute Gasteiger partial charge is 0.395 e. The average Bonchev–Trinajstić information content (AvgIpc) is 2.21. The van der Waals surface area contributed by atoms with Crippen molar-refractivity contribution in [3.05, 3.63) is 0 Å². The van der Waals surface area contributed by atoms with E-state index in [-0.39, 0.29) is 24.5 Å². The topological polar surface area (TPSA) is 66.6 Å². The standard InChI is InChI=1S/C11H24N2O2/c1-4-10(8-12)7-11(15)13(5-6-14)9(2)3/h9-10,14H,4-8,12H2,1-3H3. The van der Waals surface area contributed by atoms with Crippen LogP contribution in [0.25, 0.3) is 0 Å². The quantitative estimate of drug-likeness (QED) is 0.654. The van der Waals surface area contributed by atoms with Crippen molar-refractivity contribution in [1.29, 1.82) is 0 Å². The van der Waals surface area contributed by atoms with Crippen molar-refractivity contribution >= 4 is 5.91 Å². The number of nitrogens with two attached hydrogens (primary N) is 1. The van der Waals surface area contributed by atoms with Crippen molar-refractivity contribution in [2.45, 2.75) is 39.7 Å². The van der Waals surface area contributed by atoms with Crippen molar-refractivity contribution in [3.63, 3.8) is 0 Å². The van der Waals surface area contributed by atoms with Crippen LogP contribution in [0.4, 0.5) is 0 Å². The molecule has 0 fully saturated rings. The number of aliphatic hydroxyl groups excluding tert-OH is 1. The summed E-state index contributed by atoms with van der Waals surface area (Å²) in [7, 11) is 0. The minimum absolute atomic E-state index is 0.0172. The van der Waals surface area contributed by atoms with Gasteiger partial charge < -0.3 is 15.7 Å². The lowest BCUT2D eigenvalue weighted by atomic mass is 10.0. The van der Waals surface area contributed by atoms with Gasteiger partial charge in [0.05, 0.1) is 6.61 Å². The summed E-state index contributed by atoms with van der Waals surface area (Å²) in [5.74, 6) is 0.355. The van der Waals surface area contributed by atoms with E-state index in [9.17, 15) is 4.79 Å². The summed E-state index contributed by atoms with van der Waals surface area (Å²) in [6, 6.07) is 0.139. The third kappa shape index (κ3) is 5.14. The van der Waals surface area contributed by atoms with Crippen molar-refractivity contribution < 1.29 is 9.90 Å². The van der Waals surface area contributed by atoms with Gasteiger partial charge in [-0.1, -0.05) is 13.3 Å². The summed E-state index contributed by atoms with van der Waals surface area (Å²) in [5, 5.41) is 8.86. The molecule has 0 saturated heterocycles. The Morgan fingerprint density at radius 2 is 2.07 bits per heavy atom. The molecular formula is C11H24N2O2. The molecule has 3 N–H and O–H groups in total. The Bertz CT molecular complexity index is 179. The molecule has 0 aromatic carbocycles. The molecule has 0 heterocycles. The van der Waals surface area contributed by atoms with Gasteiger partial charge in [0.15, 0.2) is 0 Å². The van der Waals surface area contributed by atoms with Gasteiger partial charge in [0, 0.05) is 19.0 Å². The maximum atomic E-state index is 11.9. The predicted molar refractivity (Wildman–Crippen MR) is 61.4 cm³/mol. The number of nitrogens with zero attached hydrogens (tertiary/aromatic N) is 1. The van der Waals surface area contributed by atoms with Crippen LogP contribution in [0.15, 0.2) is 0 Å². The second kappa shape index (κ2) is 7.65. The van der Waals surface area contributed by atoms with Crippen molar-refractivity contribution in [3.8, 4) is 0 Å². The minimum atomic E-state index is 0.0172. The van der Waals surface area contributed by atoms with Crippen LogP contribution in [0.3, 0.4) is 0 Å². The van der Waals surface area contributed by atoms with Crippen molar-refractivity contribution in [1.82, 2.24) is 4.90 Å². The first-order valence-corrected chi connectivity index (χ1v) is 5.67. The Labute approximate surface area is 92.4 Å². The molecular weight excluding hydrogens is 192 g/mol. The number of hydrogen-bond donors (Lipinski definition) is 2. The first kappa shape index (κ1) is 14.4. The summed E-state index contributed by atoms with van der Waals surface area (Å²) < 4.78 is 0. The molecule has 90 valence electrons. The molecule has 0 spiro atoms. The Morgan fingerprint density at radius 3 is 2.40 bits per heavy atom. The smallest absolute Gasteiger partial charge is 0.223 e. The molecule has 0 aromatic heterocycles. The lowest BCUT2D eigenvalue weighted by Crippen LogP contribution is -2.40. The van der Waals surface area contributed by atoms with Crippen LogP contribution in [-0.2, 0) is 4.79 Å². The van der Waals surface area contributed by atoms with Crippen LogP contribution in [0.1, 0.15) is 33.6 Å². The number of amides is 1. The van der Waals surface area contributed by atoms with Crippen LogP contribution < -0.4 is 5.73 Å². The Hall–Kier alpha value is -0.610. The zero-order valence-corrected chi connectivity index (χ0v) is 10.1. The summed E-state index contributed by atoms with van der Waals surface area (Å²) in [4.78, 5) is 13.6. The van der Waals surface area contributed by atoms with Crippen LogP contribution in [0.2, 0.25) is 0 Å². The molecule has 4 heteroatoms. The van der Waals surface area contributed by atoms with Crippen LogP contribution in [-0.4, -0.2) is 41.7 Å². The van der Waals surface area contributed by atoms with Gasteiger partial charge in [0.25, 0.3) is 0 Å². The van der Waals surface area contributed by atoms with Crippen molar-refractivity contribution in [2.75, 3.05) is 19.7 Å². The second-order valence-corrected chi connectivity index (χ2v) is 4.12. The number of hydrogen-bond acceptors (Lipinski definition) is 3. The van der Waals surface area contributed by atoms with Gasteiger partial charge in [-0.05, 0) is 26.3 Å². The highest BCUT2D eigenvalue weighted by Gasteiger charge is 2.19. The fraction of sp³-hybridized carbons (Fsp3) is 0.909. The van der Waals surface area contributed by atoms with E-state index in [1.165, 1.54) is 0 Å². The average molecular weight is 216 g/mol. The van der Waals surface area contributed by atoms with Gasteiger partial charge in [-0.15, -0.1) is 0 Å². The first-order valence-electron chi connectivity index (χ1n) is 5.67. The highest BCUT2D eigenvalue weighted by molar-refractivity contribution is 5.76. The summed E-state index contributed by atoms with van der Waals surface area (Å²) in [6.45, 7) is 6.93. The number of aliphatic hydroxyl groups is 1. The Balaban J connectivity index is 4.24. The first-order chi connectivity index (χ1) is 7.06. The van der Waals surface area contributed by atoms with Gasteiger partial charge in [0.2, 0.25) is 5.91 Å². The van der Waals surface area contributed by atoms with Crippen LogP contribution >= 0.6 is 0 Å². The molecule has 0 rings (SSSR count). The lowest BCUT2D eigenvalue weighted by molar-refractivity contribution is -0.134. The van der Waals surface area contributed by atoms with E-state index >= 15 is 0 Å². The lowest BCUT2D eigenvalue weighted by Gasteiger charge is -2.27. The van der Waals surface area contributed by atoms with E-state index in [0.29, 0.717) is 19.5 Å². The fourth-order valence-electron chi connectivity index (χ4n) is 1.54. The molecule has 0 aliphatic heterocycles. The highest BCUT2D eigenvalue weighted by atomic mass is 16.3. The van der Waals surface area contributed by atoms with Gasteiger partial charge in [0.1, 0.15) is 0 Å². The second-order valence-electron chi connectivity index (χ2n) is 4.12. The molecule has 1 amide bonds. The number of carbonyl (C=O) groups excluding carboxylic acids is 1. The number of carbonyl (C=O) groups is 1. The maximum Gasteiger partial charge on any atom is 0.223 e. The molecule has 0 radical (unpaired) electrons. The van der Waals surface area contributed by atoms with E-state index in [0.717, 1.165) is 6.42 Å². The third-order valence-electron chi connectivity index (χ3n) is 2.66. The predicted octanol–water partition coefficient (Wildman–Crippen LogP) is 0.591. The fourth-order valence-corrected chi connectivity index (χ4v) is 1.54. The van der Waals surface area contributed by atoms with Gasteiger partial charge >= 0.3 is 0 Å². The Kier molecular flexibility index (Phi) is 7.34. The molecule has 0 bridgehead atoms. The third-order valence-corrected chi connectivity index (χ3v) is 2.66. The summed E-state index contributed by atoms with van der Waals surface area (Å²) in [6.07, 6.45) is 1.42. The van der Waals surface area contributed by atoms with Gasteiger partial charge in [-0.2, -0.15) is 0 Å². The van der Waals surface area contributed by atoms with E-state index in [1.54, 1.807) is 4.90 Å².